The van der Waals surface area contributed by atoms with Gasteiger partial charge in [-0.25, -0.2) is 5.10 Å². The second kappa shape index (κ2) is 6.21. The average Bonchev–Trinajstić information content (AvgIpc) is 2.98. The molecule has 2 heterocycles. The SMILES string of the molecule is N#Cc1ccsc1NC(=O)CCSc1n[nH]c(N)n1. The van der Waals surface area contributed by atoms with Crippen LogP contribution in [0.3, 0.4) is 0 Å². The second-order valence-corrected chi connectivity index (χ2v) is 5.40. The number of thioether (sulfide) groups is 1. The molecule has 0 saturated carbocycles. The molecule has 2 aromatic heterocycles. The molecule has 7 nitrogen and oxygen atoms in total. The highest BCUT2D eigenvalue weighted by Crippen LogP contribution is 2.22. The largest absolute Gasteiger partial charge is 0.368 e. The summed E-state index contributed by atoms with van der Waals surface area (Å²) in [5.41, 5.74) is 5.86. The van der Waals surface area contributed by atoms with Crippen molar-refractivity contribution >= 4 is 40.0 Å². The molecule has 0 fully saturated rings. The Kier molecular flexibility index (Phi) is 4.38. The fourth-order valence-electron chi connectivity index (χ4n) is 1.24. The number of H-pyrrole nitrogens is 1. The number of aromatic nitrogens is 3. The number of nitrogens with zero attached hydrogens (tertiary/aromatic N) is 3. The van der Waals surface area contributed by atoms with Crippen molar-refractivity contribution in [2.45, 2.75) is 11.6 Å². The zero-order valence-corrected chi connectivity index (χ0v) is 11.3. The average molecular weight is 294 g/mol. The highest BCUT2D eigenvalue weighted by atomic mass is 32.2. The highest BCUT2D eigenvalue weighted by molar-refractivity contribution is 7.99. The van der Waals surface area contributed by atoms with Gasteiger partial charge in [-0.3, -0.25) is 4.79 Å². The molecule has 1 amide bonds. The van der Waals surface area contributed by atoms with Crippen molar-refractivity contribution in [1.82, 2.24) is 15.2 Å². The van der Waals surface area contributed by atoms with Gasteiger partial charge in [0.1, 0.15) is 11.1 Å². The smallest absolute Gasteiger partial charge is 0.225 e. The molecular weight excluding hydrogens is 284 g/mol. The number of anilines is 2. The summed E-state index contributed by atoms with van der Waals surface area (Å²) in [7, 11) is 0. The quantitative estimate of drug-likeness (QED) is 0.717. The van der Waals surface area contributed by atoms with Gasteiger partial charge in [-0.2, -0.15) is 10.2 Å². The van der Waals surface area contributed by atoms with E-state index in [0.717, 1.165) is 0 Å². The zero-order valence-electron chi connectivity index (χ0n) is 9.71. The highest BCUT2D eigenvalue weighted by Gasteiger charge is 2.09. The van der Waals surface area contributed by atoms with Gasteiger partial charge >= 0.3 is 0 Å². The van der Waals surface area contributed by atoms with E-state index in [2.05, 4.69) is 20.5 Å². The van der Waals surface area contributed by atoms with E-state index in [1.54, 1.807) is 11.4 Å². The molecule has 98 valence electrons. The molecule has 0 radical (unpaired) electrons. The van der Waals surface area contributed by atoms with Crippen molar-refractivity contribution in [1.29, 1.82) is 5.26 Å². The zero-order chi connectivity index (χ0) is 13.7. The molecule has 0 aliphatic carbocycles. The van der Waals surface area contributed by atoms with E-state index in [0.29, 0.717) is 27.9 Å². The number of carbonyl (C=O) groups excluding carboxylic acids is 1. The van der Waals surface area contributed by atoms with Gasteiger partial charge in [0.05, 0.1) is 5.56 Å². The van der Waals surface area contributed by atoms with E-state index in [1.165, 1.54) is 23.1 Å². The van der Waals surface area contributed by atoms with Crippen LogP contribution in [0.4, 0.5) is 10.9 Å². The molecule has 0 bridgehead atoms. The number of hydrogen-bond donors (Lipinski definition) is 3. The number of nitriles is 1. The van der Waals surface area contributed by atoms with Crippen molar-refractivity contribution in [2.75, 3.05) is 16.8 Å². The van der Waals surface area contributed by atoms with Gasteiger partial charge in [0.2, 0.25) is 17.0 Å². The topological polar surface area (TPSA) is 120 Å². The molecule has 4 N–H and O–H groups in total. The minimum absolute atomic E-state index is 0.144. The Morgan fingerprint density at radius 2 is 2.53 bits per heavy atom. The number of nitrogens with one attached hydrogen (secondary N) is 2. The van der Waals surface area contributed by atoms with Crippen LogP contribution in [0.5, 0.6) is 0 Å². The molecule has 9 heteroatoms. The van der Waals surface area contributed by atoms with Crippen molar-refractivity contribution in [3.05, 3.63) is 17.0 Å². The summed E-state index contributed by atoms with van der Waals surface area (Å²) in [6.07, 6.45) is 0.307. The number of aromatic amines is 1. The number of hydrogen-bond acceptors (Lipinski definition) is 7. The minimum Gasteiger partial charge on any atom is -0.368 e. The molecule has 0 aromatic carbocycles. The lowest BCUT2D eigenvalue weighted by Gasteiger charge is -2.01. The Labute approximate surface area is 117 Å². The van der Waals surface area contributed by atoms with Crippen LogP contribution in [-0.4, -0.2) is 26.8 Å². The summed E-state index contributed by atoms with van der Waals surface area (Å²) in [5.74, 6) is 0.648. The number of rotatable bonds is 5. The van der Waals surface area contributed by atoms with Gasteiger partial charge in [-0.1, -0.05) is 11.8 Å². The maximum Gasteiger partial charge on any atom is 0.225 e. The van der Waals surface area contributed by atoms with E-state index in [-0.39, 0.29) is 11.9 Å². The van der Waals surface area contributed by atoms with Crippen molar-refractivity contribution in [3.63, 3.8) is 0 Å². The molecular formula is C10H10N6OS2. The summed E-state index contributed by atoms with van der Waals surface area (Å²) >= 11 is 2.66. The van der Waals surface area contributed by atoms with Gasteiger partial charge in [-0.05, 0) is 11.4 Å². The lowest BCUT2D eigenvalue weighted by Crippen LogP contribution is -2.11. The minimum atomic E-state index is -0.144. The van der Waals surface area contributed by atoms with Crippen molar-refractivity contribution < 1.29 is 4.79 Å². The molecule has 0 unspecified atom stereocenters. The van der Waals surface area contributed by atoms with Gasteiger partial charge < -0.3 is 11.1 Å². The van der Waals surface area contributed by atoms with Crippen molar-refractivity contribution in [3.8, 4) is 6.07 Å². The maximum atomic E-state index is 11.7. The Hall–Kier alpha value is -2.05. The van der Waals surface area contributed by atoms with Crippen LogP contribution in [0.2, 0.25) is 0 Å². The third kappa shape index (κ3) is 3.70. The maximum absolute atomic E-state index is 11.7. The monoisotopic (exact) mass is 294 g/mol. The van der Waals surface area contributed by atoms with E-state index >= 15 is 0 Å². The van der Waals surface area contributed by atoms with Crippen molar-refractivity contribution in [2.24, 2.45) is 0 Å². The first-order valence-electron chi connectivity index (χ1n) is 5.27. The number of nitrogen functional groups attached to an aromatic ring is 1. The first kappa shape index (κ1) is 13.4. The van der Waals surface area contributed by atoms with Crippen LogP contribution in [0.25, 0.3) is 0 Å². The first-order chi connectivity index (χ1) is 9.19. The Balaban J connectivity index is 1.78. The van der Waals surface area contributed by atoms with Gasteiger partial charge in [0.25, 0.3) is 0 Å². The second-order valence-electron chi connectivity index (χ2n) is 3.43. The summed E-state index contributed by atoms with van der Waals surface area (Å²) in [5, 5.41) is 20.7. The molecule has 0 aliphatic rings. The fraction of sp³-hybridized carbons (Fsp3) is 0.200. The predicted octanol–water partition coefficient (Wildman–Crippen LogP) is 1.44. The number of carbonyl (C=O) groups is 1. The number of amides is 1. The lowest BCUT2D eigenvalue weighted by atomic mass is 10.3. The number of nitrogens with two attached hydrogens (primary N) is 1. The van der Waals surface area contributed by atoms with Crippen LogP contribution in [-0.2, 0) is 4.79 Å². The van der Waals surface area contributed by atoms with Crippen LogP contribution < -0.4 is 11.1 Å². The summed E-state index contributed by atoms with van der Waals surface area (Å²) < 4.78 is 0. The van der Waals surface area contributed by atoms with Gasteiger partial charge in [-0.15, -0.1) is 16.4 Å². The molecule has 0 aliphatic heterocycles. The van der Waals surface area contributed by atoms with Crippen LogP contribution in [0.15, 0.2) is 16.6 Å². The summed E-state index contributed by atoms with van der Waals surface area (Å²) in [6.45, 7) is 0. The van der Waals surface area contributed by atoms with E-state index < -0.39 is 0 Å². The Morgan fingerprint density at radius 1 is 1.68 bits per heavy atom. The lowest BCUT2D eigenvalue weighted by molar-refractivity contribution is -0.115. The van der Waals surface area contributed by atoms with Crippen LogP contribution in [0, 0.1) is 11.3 Å². The van der Waals surface area contributed by atoms with E-state index in [9.17, 15) is 4.79 Å². The van der Waals surface area contributed by atoms with E-state index in [1.807, 2.05) is 6.07 Å². The third-order valence-corrected chi connectivity index (χ3v) is 3.76. The molecule has 2 aromatic rings. The summed E-state index contributed by atoms with van der Waals surface area (Å²) in [4.78, 5) is 15.6. The first-order valence-corrected chi connectivity index (χ1v) is 7.13. The van der Waals surface area contributed by atoms with Crippen LogP contribution >= 0.6 is 23.1 Å². The van der Waals surface area contributed by atoms with E-state index in [4.69, 9.17) is 11.0 Å². The Bertz CT molecular complexity index is 614. The van der Waals surface area contributed by atoms with Crippen LogP contribution in [0.1, 0.15) is 12.0 Å². The molecule has 19 heavy (non-hydrogen) atoms. The predicted molar refractivity (Wildman–Crippen MR) is 73.8 cm³/mol. The Morgan fingerprint density at radius 3 is 3.21 bits per heavy atom. The molecule has 0 saturated heterocycles. The molecule has 2 rings (SSSR count). The molecule has 0 atom stereocenters. The summed E-state index contributed by atoms with van der Waals surface area (Å²) in [6, 6.07) is 3.69. The molecule has 0 spiro atoms. The normalized spacial score (nSPS) is 10.1. The third-order valence-electron chi connectivity index (χ3n) is 2.08. The van der Waals surface area contributed by atoms with Gasteiger partial charge in [0, 0.05) is 12.2 Å². The van der Waals surface area contributed by atoms with Gasteiger partial charge in [0.15, 0.2) is 0 Å². The fourth-order valence-corrected chi connectivity index (χ4v) is 2.74. The standard InChI is InChI=1S/C10H10N6OS2/c11-5-6-1-3-18-8(6)13-7(17)2-4-19-10-14-9(12)15-16-10/h1,3H,2,4H2,(H,13,17)(H3,12,14,15,16). The number of thiophene rings is 1.